The number of likely N-dealkylation sites (tertiary alicyclic amines) is 1. The third-order valence-electron chi connectivity index (χ3n) is 2.74. The molecule has 0 spiro atoms. The van der Waals surface area contributed by atoms with Gasteiger partial charge in [0.1, 0.15) is 5.82 Å². The van der Waals surface area contributed by atoms with Crippen molar-refractivity contribution in [1.29, 1.82) is 0 Å². The zero-order valence-electron chi connectivity index (χ0n) is 9.08. The van der Waals surface area contributed by atoms with Crippen molar-refractivity contribution in [3.8, 4) is 0 Å². The Labute approximate surface area is 94.3 Å². The number of carbonyl (C=O) groups is 1. The summed E-state index contributed by atoms with van der Waals surface area (Å²) in [6.45, 7) is 1.63. The van der Waals surface area contributed by atoms with E-state index in [-0.39, 0.29) is 11.8 Å². The number of hydrogen-bond acceptors (Lipinski definition) is 1. The molecule has 0 saturated carbocycles. The third-order valence-corrected chi connectivity index (χ3v) is 2.74. The molecular formula is C12H15FN2O. The highest BCUT2D eigenvalue weighted by Gasteiger charge is 2.15. The van der Waals surface area contributed by atoms with Crippen LogP contribution in [0.25, 0.3) is 0 Å². The van der Waals surface area contributed by atoms with E-state index in [1.165, 1.54) is 18.6 Å². The molecule has 0 aromatic heterocycles. The van der Waals surface area contributed by atoms with Crippen molar-refractivity contribution in [2.24, 2.45) is 0 Å². The Bertz CT molecular complexity index is 358. The summed E-state index contributed by atoms with van der Waals surface area (Å²) < 4.78 is 12.7. The molecule has 2 amide bonds. The third kappa shape index (κ3) is 2.72. The Balaban J connectivity index is 1.93. The lowest BCUT2D eigenvalue weighted by Crippen LogP contribution is -2.38. The van der Waals surface area contributed by atoms with Crippen LogP contribution in [0.2, 0.25) is 0 Å². The molecule has 4 heteroatoms. The van der Waals surface area contributed by atoms with E-state index < -0.39 is 0 Å². The Morgan fingerprint density at radius 3 is 2.38 bits per heavy atom. The fraction of sp³-hybridized carbons (Fsp3) is 0.417. The molecule has 0 radical (unpaired) electrons. The highest BCUT2D eigenvalue weighted by atomic mass is 19.1. The molecule has 86 valence electrons. The van der Waals surface area contributed by atoms with Crippen molar-refractivity contribution >= 4 is 11.7 Å². The molecule has 0 aliphatic carbocycles. The Hall–Kier alpha value is -1.58. The second-order valence-corrected chi connectivity index (χ2v) is 3.98. The van der Waals surface area contributed by atoms with Gasteiger partial charge in [-0.15, -0.1) is 0 Å². The molecule has 0 atom stereocenters. The molecule has 1 aliphatic rings. The first-order chi connectivity index (χ1) is 7.75. The van der Waals surface area contributed by atoms with Gasteiger partial charge in [0, 0.05) is 18.8 Å². The number of piperidine rings is 1. The van der Waals surface area contributed by atoms with Crippen molar-refractivity contribution in [3.05, 3.63) is 30.1 Å². The van der Waals surface area contributed by atoms with Crippen LogP contribution in [0.15, 0.2) is 24.3 Å². The zero-order chi connectivity index (χ0) is 11.4. The van der Waals surface area contributed by atoms with Gasteiger partial charge in [-0.2, -0.15) is 0 Å². The predicted molar refractivity (Wildman–Crippen MR) is 60.8 cm³/mol. The molecule has 1 aliphatic heterocycles. The molecule has 2 rings (SSSR count). The second kappa shape index (κ2) is 4.96. The fourth-order valence-electron chi connectivity index (χ4n) is 1.83. The number of nitrogens with zero attached hydrogens (tertiary/aromatic N) is 1. The highest BCUT2D eigenvalue weighted by Crippen LogP contribution is 2.12. The standard InChI is InChI=1S/C12H15FN2O/c13-10-4-6-11(7-5-10)14-12(16)15-8-2-1-3-9-15/h4-7H,1-3,8-9H2,(H,14,16). The van der Waals surface area contributed by atoms with Crippen LogP contribution in [-0.4, -0.2) is 24.0 Å². The SMILES string of the molecule is O=C(Nc1ccc(F)cc1)N1CCCCC1. The van der Waals surface area contributed by atoms with Gasteiger partial charge in [0.25, 0.3) is 0 Å². The predicted octanol–water partition coefficient (Wildman–Crippen LogP) is 2.84. The van der Waals surface area contributed by atoms with Crippen molar-refractivity contribution in [2.45, 2.75) is 19.3 Å². The van der Waals surface area contributed by atoms with Crippen LogP contribution in [0, 0.1) is 5.82 Å². The Morgan fingerprint density at radius 1 is 1.12 bits per heavy atom. The maximum Gasteiger partial charge on any atom is 0.321 e. The quantitative estimate of drug-likeness (QED) is 0.778. The lowest BCUT2D eigenvalue weighted by Gasteiger charge is -2.26. The summed E-state index contributed by atoms with van der Waals surface area (Å²) in [4.78, 5) is 13.6. The minimum Gasteiger partial charge on any atom is -0.325 e. The van der Waals surface area contributed by atoms with Crippen LogP contribution in [-0.2, 0) is 0 Å². The number of benzene rings is 1. The van der Waals surface area contributed by atoms with E-state index >= 15 is 0 Å². The number of carbonyl (C=O) groups excluding carboxylic acids is 1. The van der Waals surface area contributed by atoms with E-state index in [2.05, 4.69) is 5.32 Å². The maximum absolute atomic E-state index is 12.7. The summed E-state index contributed by atoms with van der Waals surface area (Å²) in [7, 11) is 0. The molecule has 1 aromatic rings. The van der Waals surface area contributed by atoms with Crippen molar-refractivity contribution < 1.29 is 9.18 Å². The van der Waals surface area contributed by atoms with Gasteiger partial charge in [0.15, 0.2) is 0 Å². The van der Waals surface area contributed by atoms with Gasteiger partial charge >= 0.3 is 6.03 Å². The minimum absolute atomic E-state index is 0.0914. The topological polar surface area (TPSA) is 32.3 Å². The summed E-state index contributed by atoms with van der Waals surface area (Å²) >= 11 is 0. The van der Waals surface area contributed by atoms with Crippen LogP contribution in [0.4, 0.5) is 14.9 Å². The van der Waals surface area contributed by atoms with E-state index in [0.717, 1.165) is 25.9 Å². The number of urea groups is 1. The van der Waals surface area contributed by atoms with Crippen molar-refractivity contribution in [1.82, 2.24) is 4.90 Å². The van der Waals surface area contributed by atoms with Gasteiger partial charge in [-0.3, -0.25) is 0 Å². The maximum atomic E-state index is 12.7. The van der Waals surface area contributed by atoms with Crippen LogP contribution in [0.1, 0.15) is 19.3 Å². The number of halogens is 1. The van der Waals surface area contributed by atoms with E-state index in [4.69, 9.17) is 0 Å². The largest absolute Gasteiger partial charge is 0.325 e. The first-order valence-electron chi connectivity index (χ1n) is 5.57. The van der Waals surface area contributed by atoms with E-state index in [1.807, 2.05) is 0 Å². The molecule has 16 heavy (non-hydrogen) atoms. The van der Waals surface area contributed by atoms with Crippen LogP contribution in [0.3, 0.4) is 0 Å². The number of nitrogens with one attached hydrogen (secondary N) is 1. The Morgan fingerprint density at radius 2 is 1.75 bits per heavy atom. The first kappa shape index (κ1) is 10.9. The molecule has 0 bridgehead atoms. The summed E-state index contributed by atoms with van der Waals surface area (Å²) in [5.74, 6) is -0.295. The van der Waals surface area contributed by atoms with Gasteiger partial charge < -0.3 is 10.2 Å². The van der Waals surface area contributed by atoms with Gasteiger partial charge in [-0.25, -0.2) is 9.18 Å². The lowest BCUT2D eigenvalue weighted by atomic mass is 10.1. The molecule has 1 aromatic carbocycles. The normalized spacial score (nSPS) is 15.9. The van der Waals surface area contributed by atoms with Crippen molar-refractivity contribution in [3.63, 3.8) is 0 Å². The van der Waals surface area contributed by atoms with Crippen molar-refractivity contribution in [2.75, 3.05) is 18.4 Å². The summed E-state index contributed by atoms with van der Waals surface area (Å²) in [6, 6.07) is 5.72. The monoisotopic (exact) mass is 222 g/mol. The molecule has 0 unspecified atom stereocenters. The molecule has 1 fully saturated rings. The van der Waals surface area contributed by atoms with Crippen LogP contribution in [0.5, 0.6) is 0 Å². The Kier molecular flexibility index (Phi) is 3.39. The average Bonchev–Trinajstić information content (AvgIpc) is 2.33. The van der Waals surface area contributed by atoms with E-state index in [9.17, 15) is 9.18 Å². The lowest BCUT2D eigenvalue weighted by molar-refractivity contribution is 0.200. The van der Waals surface area contributed by atoms with Gasteiger partial charge in [-0.05, 0) is 43.5 Å². The number of rotatable bonds is 1. The van der Waals surface area contributed by atoms with Crippen LogP contribution >= 0.6 is 0 Å². The van der Waals surface area contributed by atoms with Gasteiger partial charge in [-0.1, -0.05) is 0 Å². The highest BCUT2D eigenvalue weighted by molar-refractivity contribution is 5.89. The summed E-state index contributed by atoms with van der Waals surface area (Å²) in [6.07, 6.45) is 3.33. The minimum atomic E-state index is -0.295. The number of anilines is 1. The van der Waals surface area contributed by atoms with E-state index in [0.29, 0.717) is 5.69 Å². The first-order valence-corrected chi connectivity index (χ1v) is 5.57. The molecule has 3 nitrogen and oxygen atoms in total. The number of hydrogen-bond donors (Lipinski definition) is 1. The molecule has 1 saturated heterocycles. The zero-order valence-corrected chi connectivity index (χ0v) is 9.08. The molecule has 1 N–H and O–H groups in total. The van der Waals surface area contributed by atoms with Crippen LogP contribution < -0.4 is 5.32 Å². The van der Waals surface area contributed by atoms with E-state index in [1.54, 1.807) is 17.0 Å². The summed E-state index contributed by atoms with van der Waals surface area (Å²) in [5.41, 5.74) is 0.636. The fourth-order valence-corrected chi connectivity index (χ4v) is 1.83. The average molecular weight is 222 g/mol. The molecular weight excluding hydrogens is 207 g/mol. The smallest absolute Gasteiger partial charge is 0.321 e. The summed E-state index contributed by atoms with van der Waals surface area (Å²) in [5, 5.41) is 2.76. The van der Waals surface area contributed by atoms with Gasteiger partial charge in [0.2, 0.25) is 0 Å². The number of amides is 2. The van der Waals surface area contributed by atoms with Gasteiger partial charge in [0.05, 0.1) is 0 Å². The molecule has 1 heterocycles. The second-order valence-electron chi connectivity index (χ2n) is 3.98.